The zero-order chi connectivity index (χ0) is 10.9. The second-order valence-corrected chi connectivity index (χ2v) is 5.92. The minimum atomic E-state index is 0.255. The van der Waals surface area contributed by atoms with Crippen LogP contribution in [0.15, 0.2) is 0 Å². The Kier molecular flexibility index (Phi) is 3.26. The number of hydrogen-bond donors (Lipinski definition) is 1. The van der Waals surface area contributed by atoms with E-state index in [9.17, 15) is 4.79 Å². The molecule has 1 amide bonds. The molecule has 0 aliphatic carbocycles. The number of nitrogens with two attached hydrogens (primary N) is 1. The highest BCUT2D eigenvalue weighted by molar-refractivity contribution is 8.01. The Balaban J connectivity index is 2.08. The first-order chi connectivity index (χ1) is 7.17. The van der Waals surface area contributed by atoms with Crippen molar-refractivity contribution in [2.75, 3.05) is 18.8 Å². The second kappa shape index (κ2) is 4.34. The van der Waals surface area contributed by atoms with Crippen molar-refractivity contribution in [2.24, 2.45) is 0 Å². The van der Waals surface area contributed by atoms with E-state index >= 15 is 0 Å². The summed E-state index contributed by atoms with van der Waals surface area (Å²) in [6.07, 6.45) is 3.74. The summed E-state index contributed by atoms with van der Waals surface area (Å²) in [7, 11) is 0. The number of amides is 1. The lowest BCUT2D eigenvalue weighted by molar-refractivity contribution is -0.735. The van der Waals surface area contributed by atoms with Gasteiger partial charge < -0.3 is 10.2 Å². The van der Waals surface area contributed by atoms with E-state index in [0.717, 1.165) is 13.1 Å². The Morgan fingerprint density at radius 3 is 3.20 bits per heavy atom. The molecule has 2 aliphatic heterocycles. The van der Waals surface area contributed by atoms with Crippen molar-refractivity contribution < 1.29 is 10.1 Å². The standard InChI is InChI=1S/C11H20N2OS/c1-3-4-5-11(2)10-13(7-6-12-11)9(14)8-15-10/h10,12H,3-8H2,1-2H3/p+1. The molecule has 2 rings (SSSR count). The van der Waals surface area contributed by atoms with Crippen LogP contribution in [0.1, 0.15) is 33.1 Å². The summed E-state index contributed by atoms with van der Waals surface area (Å²) in [5.74, 6) is 1.04. The normalized spacial score (nSPS) is 35.7. The molecule has 2 unspecified atom stereocenters. The van der Waals surface area contributed by atoms with Crippen LogP contribution in [0, 0.1) is 0 Å². The molecule has 0 bridgehead atoms. The van der Waals surface area contributed by atoms with Crippen LogP contribution < -0.4 is 5.32 Å². The van der Waals surface area contributed by atoms with E-state index in [0.29, 0.717) is 17.0 Å². The number of nitrogens with zero attached hydrogens (tertiary/aromatic N) is 1. The zero-order valence-electron chi connectivity index (χ0n) is 9.66. The first-order valence-corrected chi connectivity index (χ1v) is 6.98. The summed E-state index contributed by atoms with van der Waals surface area (Å²) in [6.45, 7) is 6.57. The molecule has 86 valence electrons. The number of carbonyl (C=O) groups excluding carboxylic acids is 1. The van der Waals surface area contributed by atoms with E-state index in [-0.39, 0.29) is 5.54 Å². The monoisotopic (exact) mass is 229 g/mol. The summed E-state index contributed by atoms with van der Waals surface area (Å²) in [6, 6.07) is 0. The van der Waals surface area contributed by atoms with Gasteiger partial charge in [-0.3, -0.25) is 4.79 Å². The molecule has 0 saturated carbocycles. The van der Waals surface area contributed by atoms with Gasteiger partial charge in [-0.25, -0.2) is 0 Å². The minimum Gasteiger partial charge on any atom is -0.338 e. The maximum atomic E-state index is 11.7. The maximum Gasteiger partial charge on any atom is 0.233 e. The fourth-order valence-electron chi connectivity index (χ4n) is 2.66. The molecule has 0 radical (unpaired) electrons. The molecule has 15 heavy (non-hydrogen) atoms. The van der Waals surface area contributed by atoms with Crippen LogP contribution >= 0.6 is 11.8 Å². The molecule has 2 aliphatic rings. The number of piperazine rings is 1. The van der Waals surface area contributed by atoms with Crippen molar-refractivity contribution in [1.29, 1.82) is 0 Å². The van der Waals surface area contributed by atoms with Gasteiger partial charge in [0.1, 0.15) is 10.9 Å². The predicted molar refractivity (Wildman–Crippen MR) is 62.7 cm³/mol. The molecule has 0 aromatic carbocycles. The Morgan fingerprint density at radius 1 is 1.67 bits per heavy atom. The van der Waals surface area contributed by atoms with E-state index in [4.69, 9.17) is 0 Å². The van der Waals surface area contributed by atoms with Crippen LogP contribution in [-0.4, -0.2) is 40.6 Å². The zero-order valence-corrected chi connectivity index (χ0v) is 10.5. The van der Waals surface area contributed by atoms with Gasteiger partial charge >= 0.3 is 0 Å². The van der Waals surface area contributed by atoms with Gasteiger partial charge in [0.25, 0.3) is 0 Å². The van der Waals surface area contributed by atoms with Gasteiger partial charge in [0.05, 0.1) is 18.8 Å². The van der Waals surface area contributed by atoms with E-state index in [1.165, 1.54) is 19.3 Å². The molecular formula is C11H21N2OS+. The van der Waals surface area contributed by atoms with Gasteiger partial charge in [0.15, 0.2) is 0 Å². The first kappa shape index (κ1) is 11.3. The summed E-state index contributed by atoms with van der Waals surface area (Å²) in [5.41, 5.74) is 0.255. The topological polar surface area (TPSA) is 36.9 Å². The molecule has 2 atom stereocenters. The Bertz CT molecular complexity index is 259. The number of quaternary nitrogens is 1. The molecular weight excluding hydrogens is 208 g/mol. The van der Waals surface area contributed by atoms with Gasteiger partial charge in [-0.1, -0.05) is 13.3 Å². The number of fused-ring (bicyclic) bond motifs is 1. The molecule has 2 heterocycles. The third-order valence-corrected chi connectivity index (χ3v) is 5.10. The van der Waals surface area contributed by atoms with Gasteiger partial charge in [-0.15, -0.1) is 11.8 Å². The van der Waals surface area contributed by atoms with Crippen molar-refractivity contribution in [3.63, 3.8) is 0 Å². The van der Waals surface area contributed by atoms with Crippen LogP contribution in [0.2, 0.25) is 0 Å². The summed E-state index contributed by atoms with van der Waals surface area (Å²) in [5, 5.41) is 2.88. The third-order valence-electron chi connectivity index (χ3n) is 3.58. The minimum absolute atomic E-state index is 0.255. The van der Waals surface area contributed by atoms with Crippen molar-refractivity contribution in [1.82, 2.24) is 4.90 Å². The molecule has 4 heteroatoms. The Morgan fingerprint density at radius 2 is 2.47 bits per heavy atom. The van der Waals surface area contributed by atoms with Crippen LogP contribution in [0.5, 0.6) is 0 Å². The van der Waals surface area contributed by atoms with E-state index in [2.05, 4.69) is 24.1 Å². The van der Waals surface area contributed by atoms with Crippen LogP contribution in [0.4, 0.5) is 0 Å². The highest BCUT2D eigenvalue weighted by Crippen LogP contribution is 2.34. The van der Waals surface area contributed by atoms with Gasteiger partial charge in [-0.05, 0) is 13.3 Å². The Labute approximate surface area is 96.0 Å². The van der Waals surface area contributed by atoms with Gasteiger partial charge in [0.2, 0.25) is 5.91 Å². The molecule has 2 N–H and O–H groups in total. The summed E-state index contributed by atoms with van der Waals surface area (Å²) < 4.78 is 0. The van der Waals surface area contributed by atoms with Crippen molar-refractivity contribution >= 4 is 17.7 Å². The van der Waals surface area contributed by atoms with E-state index in [1.54, 1.807) is 0 Å². The molecule has 2 saturated heterocycles. The number of hydrogen-bond acceptors (Lipinski definition) is 2. The first-order valence-electron chi connectivity index (χ1n) is 5.93. The van der Waals surface area contributed by atoms with Crippen molar-refractivity contribution in [3.8, 4) is 0 Å². The second-order valence-electron chi connectivity index (χ2n) is 4.85. The highest BCUT2D eigenvalue weighted by atomic mass is 32.2. The largest absolute Gasteiger partial charge is 0.338 e. The number of thioether (sulfide) groups is 1. The highest BCUT2D eigenvalue weighted by Gasteiger charge is 2.49. The van der Waals surface area contributed by atoms with Gasteiger partial charge in [0, 0.05) is 6.42 Å². The van der Waals surface area contributed by atoms with E-state index < -0.39 is 0 Å². The van der Waals surface area contributed by atoms with E-state index in [1.807, 2.05) is 11.8 Å². The molecule has 0 spiro atoms. The predicted octanol–water partition coefficient (Wildman–Crippen LogP) is 0.414. The Hall–Kier alpha value is -0.220. The maximum absolute atomic E-state index is 11.7. The number of rotatable bonds is 3. The fourth-order valence-corrected chi connectivity index (χ4v) is 4.12. The quantitative estimate of drug-likeness (QED) is 0.761. The summed E-state index contributed by atoms with van der Waals surface area (Å²) in [4.78, 5) is 13.8. The molecule has 2 fully saturated rings. The lowest BCUT2D eigenvalue weighted by Crippen LogP contribution is -3.02. The lowest BCUT2D eigenvalue weighted by Gasteiger charge is -2.41. The average molecular weight is 229 g/mol. The summed E-state index contributed by atoms with van der Waals surface area (Å²) >= 11 is 1.84. The lowest BCUT2D eigenvalue weighted by atomic mass is 9.92. The average Bonchev–Trinajstić information content (AvgIpc) is 2.60. The smallest absolute Gasteiger partial charge is 0.233 e. The number of carbonyl (C=O) groups is 1. The third kappa shape index (κ3) is 2.02. The molecule has 0 aromatic heterocycles. The SMILES string of the molecule is CCCCC1(C)[NH2+]CCN2C(=O)CSC21. The molecule has 0 aromatic rings. The van der Waals surface area contributed by atoms with Crippen LogP contribution in [0.25, 0.3) is 0 Å². The van der Waals surface area contributed by atoms with Crippen molar-refractivity contribution in [3.05, 3.63) is 0 Å². The van der Waals surface area contributed by atoms with Crippen LogP contribution in [0.3, 0.4) is 0 Å². The van der Waals surface area contributed by atoms with Gasteiger partial charge in [-0.2, -0.15) is 0 Å². The number of unbranched alkanes of at least 4 members (excludes halogenated alkanes) is 1. The van der Waals surface area contributed by atoms with Crippen LogP contribution in [-0.2, 0) is 4.79 Å². The molecule has 3 nitrogen and oxygen atoms in total. The fraction of sp³-hybridized carbons (Fsp3) is 0.909. The van der Waals surface area contributed by atoms with Crippen molar-refractivity contribution in [2.45, 2.75) is 44.0 Å².